The van der Waals surface area contributed by atoms with Crippen molar-refractivity contribution in [2.45, 2.75) is 27.8 Å². The topological polar surface area (TPSA) is 60.7 Å². The van der Waals surface area contributed by atoms with Crippen molar-refractivity contribution in [2.75, 3.05) is 19.8 Å². The van der Waals surface area contributed by atoms with Crippen LogP contribution in [-0.4, -0.2) is 48.7 Å². The van der Waals surface area contributed by atoms with Crippen LogP contribution in [0.5, 0.6) is 0 Å². The van der Waals surface area contributed by atoms with Crippen molar-refractivity contribution in [2.24, 2.45) is 0 Å². The summed E-state index contributed by atoms with van der Waals surface area (Å²) >= 11 is -2.03. The van der Waals surface area contributed by atoms with Gasteiger partial charge in [-0.2, -0.15) is 0 Å². The van der Waals surface area contributed by atoms with Gasteiger partial charge in [-0.15, -0.1) is 0 Å². The summed E-state index contributed by atoms with van der Waals surface area (Å²) in [5, 5.41) is 30.3. The Balaban J connectivity index is 4.06. The summed E-state index contributed by atoms with van der Waals surface area (Å²) < 4.78 is 0. The Hall–Kier alpha value is 0.438. The Morgan fingerprint density at radius 1 is 0.833 bits per heavy atom. The minimum atomic E-state index is -2.03. The second-order valence-corrected chi connectivity index (χ2v) is 14.2. The van der Waals surface area contributed by atoms with Gasteiger partial charge in [0, 0.05) is 0 Å². The van der Waals surface area contributed by atoms with Crippen molar-refractivity contribution >= 4 is 13.6 Å². The summed E-state index contributed by atoms with van der Waals surface area (Å²) in [7, 11) is 0. The van der Waals surface area contributed by atoms with Crippen LogP contribution in [0.2, 0.25) is 20.8 Å². The van der Waals surface area contributed by atoms with Gasteiger partial charge in [0.2, 0.25) is 0 Å². The van der Waals surface area contributed by atoms with Gasteiger partial charge < -0.3 is 0 Å². The van der Waals surface area contributed by atoms with Gasteiger partial charge in [-0.1, -0.05) is 0 Å². The molecule has 0 spiro atoms. The summed E-state index contributed by atoms with van der Waals surface area (Å²) in [6.07, 6.45) is 0. The third kappa shape index (κ3) is 3.90. The van der Waals surface area contributed by atoms with Crippen molar-refractivity contribution in [1.29, 1.82) is 0 Å². The van der Waals surface area contributed by atoms with E-state index >= 15 is 0 Å². The molecular weight excluding hydrogens is 219 g/mol. The first-order valence-electron chi connectivity index (χ1n) is 4.57. The fraction of sp³-hybridized carbons (Fsp3) is 1.00. The summed E-state index contributed by atoms with van der Waals surface area (Å²) in [6, 6.07) is 0. The Kier molecular flexibility index (Phi) is 7.15. The maximum atomic E-state index is 8.87. The molecule has 4 heteroatoms. The molecule has 0 aromatic heterocycles. The van der Waals surface area contributed by atoms with Crippen LogP contribution in [0.1, 0.15) is 6.92 Å². The van der Waals surface area contributed by atoms with E-state index in [1.807, 2.05) is 0 Å². The number of aliphatic hydroxyl groups excluding tert-OH is 3. The molecule has 0 amide bonds. The molecule has 0 aromatic carbocycles. The van der Waals surface area contributed by atoms with E-state index in [4.69, 9.17) is 15.3 Å². The van der Waals surface area contributed by atoms with Crippen molar-refractivity contribution < 1.29 is 15.3 Å². The first kappa shape index (κ1) is 12.4. The van der Waals surface area contributed by atoms with Gasteiger partial charge in [-0.25, -0.2) is 0 Å². The van der Waals surface area contributed by atoms with E-state index in [2.05, 4.69) is 6.92 Å². The van der Waals surface area contributed by atoms with Crippen LogP contribution in [0.3, 0.4) is 0 Å². The third-order valence-electron chi connectivity index (χ3n) is 2.68. The van der Waals surface area contributed by atoms with E-state index in [0.29, 0.717) is 0 Å². The average molecular weight is 240 g/mol. The Morgan fingerprint density at radius 2 is 1.17 bits per heavy atom. The van der Waals surface area contributed by atoms with Crippen molar-refractivity contribution in [1.82, 2.24) is 0 Å². The molecule has 0 fully saturated rings. The molecule has 0 aliphatic carbocycles. The zero-order valence-corrected chi connectivity index (χ0v) is 9.89. The van der Waals surface area contributed by atoms with E-state index < -0.39 is 13.6 Å². The maximum absolute atomic E-state index is 8.87. The SMILES string of the molecule is CC[AsH](CCO)(CCO)CCO. The van der Waals surface area contributed by atoms with Crippen molar-refractivity contribution in [3.8, 4) is 0 Å². The molecule has 0 bridgehead atoms. The molecular formula is C8H21AsO3. The molecule has 0 aromatic rings. The van der Waals surface area contributed by atoms with Gasteiger partial charge in [0.25, 0.3) is 0 Å². The normalized spacial score (nSPS) is 13.3. The quantitative estimate of drug-likeness (QED) is 0.556. The van der Waals surface area contributed by atoms with Gasteiger partial charge in [0.15, 0.2) is 0 Å². The van der Waals surface area contributed by atoms with Crippen LogP contribution in [0.15, 0.2) is 0 Å². The van der Waals surface area contributed by atoms with Crippen LogP contribution in [0.4, 0.5) is 0 Å². The molecule has 3 nitrogen and oxygen atoms in total. The molecule has 0 radical (unpaired) electrons. The van der Waals surface area contributed by atoms with Crippen molar-refractivity contribution in [3.63, 3.8) is 0 Å². The van der Waals surface area contributed by atoms with E-state index in [0.717, 1.165) is 20.8 Å². The molecule has 0 unspecified atom stereocenters. The van der Waals surface area contributed by atoms with Crippen LogP contribution in [0, 0.1) is 0 Å². The second-order valence-electron chi connectivity index (χ2n) is 3.27. The minimum absolute atomic E-state index is 0.216. The molecule has 0 heterocycles. The van der Waals surface area contributed by atoms with E-state index in [-0.39, 0.29) is 19.8 Å². The zero-order chi connectivity index (χ0) is 9.45. The van der Waals surface area contributed by atoms with E-state index in [1.54, 1.807) is 0 Å². The predicted molar refractivity (Wildman–Crippen MR) is 53.3 cm³/mol. The molecule has 12 heavy (non-hydrogen) atoms. The molecule has 0 rings (SSSR count). The summed E-state index contributed by atoms with van der Waals surface area (Å²) in [6.45, 7) is 2.76. The van der Waals surface area contributed by atoms with Crippen LogP contribution in [-0.2, 0) is 0 Å². The van der Waals surface area contributed by atoms with Crippen LogP contribution in [0.25, 0.3) is 0 Å². The summed E-state index contributed by atoms with van der Waals surface area (Å²) in [5.41, 5.74) is 0. The number of hydrogen-bond donors (Lipinski definition) is 3. The van der Waals surface area contributed by atoms with E-state index in [9.17, 15) is 0 Å². The fourth-order valence-electron chi connectivity index (χ4n) is 1.62. The van der Waals surface area contributed by atoms with Gasteiger partial charge in [-0.05, 0) is 0 Å². The molecule has 0 aliphatic heterocycles. The van der Waals surface area contributed by atoms with Crippen LogP contribution >= 0.6 is 0 Å². The number of hydrogen-bond acceptors (Lipinski definition) is 3. The Bertz CT molecular complexity index is 91.5. The monoisotopic (exact) mass is 240 g/mol. The molecule has 76 valence electrons. The second kappa shape index (κ2) is 6.90. The predicted octanol–water partition coefficient (Wildman–Crippen LogP) is 0.164. The van der Waals surface area contributed by atoms with E-state index in [1.165, 1.54) is 0 Å². The summed E-state index contributed by atoms with van der Waals surface area (Å²) in [4.78, 5) is 0. The Labute approximate surface area is 76.9 Å². The molecule has 0 atom stereocenters. The van der Waals surface area contributed by atoms with Gasteiger partial charge in [-0.3, -0.25) is 0 Å². The number of rotatable bonds is 7. The third-order valence-corrected chi connectivity index (χ3v) is 13.9. The fourth-order valence-corrected chi connectivity index (χ4v) is 8.40. The van der Waals surface area contributed by atoms with Crippen LogP contribution < -0.4 is 0 Å². The van der Waals surface area contributed by atoms with Gasteiger partial charge in [0.1, 0.15) is 0 Å². The van der Waals surface area contributed by atoms with Gasteiger partial charge >= 0.3 is 76.4 Å². The molecule has 3 N–H and O–H groups in total. The average Bonchev–Trinajstić information content (AvgIpc) is 2.06. The first-order valence-corrected chi connectivity index (χ1v) is 10.5. The van der Waals surface area contributed by atoms with Crippen molar-refractivity contribution in [3.05, 3.63) is 0 Å². The molecule has 0 saturated carbocycles. The van der Waals surface area contributed by atoms with Gasteiger partial charge in [0.05, 0.1) is 0 Å². The summed E-state index contributed by atoms with van der Waals surface area (Å²) in [5.74, 6) is 0. The molecule has 0 saturated heterocycles. The molecule has 0 aliphatic rings. The zero-order valence-electron chi connectivity index (χ0n) is 7.79. The number of aliphatic hydroxyl groups is 3. The first-order chi connectivity index (χ1) is 5.74. The Morgan fingerprint density at radius 3 is 1.33 bits per heavy atom. The standard InChI is InChI=1S/C8H21AsO3/c1-2-9(3-6-10,4-7-11)5-8-12/h9-12H,2-8H2,1H3.